The molecule has 28 heavy (non-hydrogen) atoms. The van der Waals surface area contributed by atoms with Gasteiger partial charge in [-0.2, -0.15) is 5.10 Å². The van der Waals surface area contributed by atoms with Crippen molar-refractivity contribution in [3.8, 4) is 24.0 Å². The second-order valence-electron chi connectivity index (χ2n) is 6.74. The number of aromatic nitrogens is 3. The van der Waals surface area contributed by atoms with Gasteiger partial charge in [-0.05, 0) is 49.9 Å². The highest BCUT2D eigenvalue weighted by Gasteiger charge is 2.28. The summed E-state index contributed by atoms with van der Waals surface area (Å²) in [7, 11) is 0. The van der Waals surface area contributed by atoms with Crippen LogP contribution < -0.4 is 11.1 Å². The standard InChI is InChI=1S/C19H20FN5O.C2H2/c1-11-7-12(5-6-22-11)13-8-17-18(24-16-4-2-3-15(16)20)14(19(21)26)9-23-25(17)10-13;1-2/h5-10,15-16,24H,2-4H2,1H3,(H2,21,26);1-2H/t15-,16+;/m0./s1. The van der Waals surface area contributed by atoms with Crippen LogP contribution in [-0.2, 0) is 0 Å². The van der Waals surface area contributed by atoms with Gasteiger partial charge >= 0.3 is 0 Å². The number of terminal acetylenes is 1. The van der Waals surface area contributed by atoms with E-state index in [2.05, 4.69) is 28.2 Å². The van der Waals surface area contributed by atoms with Crippen molar-refractivity contribution in [3.05, 3.63) is 48.0 Å². The van der Waals surface area contributed by atoms with Crippen LogP contribution >= 0.6 is 0 Å². The molecular weight excluding hydrogens is 357 g/mol. The molecule has 2 atom stereocenters. The first-order valence-electron chi connectivity index (χ1n) is 9.01. The van der Waals surface area contributed by atoms with E-state index in [0.29, 0.717) is 17.6 Å². The predicted octanol–water partition coefficient (Wildman–Crippen LogP) is 3.36. The molecule has 3 aromatic rings. The summed E-state index contributed by atoms with van der Waals surface area (Å²) in [6, 6.07) is 5.50. The summed E-state index contributed by atoms with van der Waals surface area (Å²) in [5.74, 6) is -0.585. The third-order valence-corrected chi connectivity index (χ3v) is 4.89. The molecule has 7 heteroatoms. The van der Waals surface area contributed by atoms with Gasteiger partial charge in [0.15, 0.2) is 0 Å². The van der Waals surface area contributed by atoms with Crippen LogP contribution in [0.25, 0.3) is 16.6 Å². The first-order chi connectivity index (χ1) is 13.5. The van der Waals surface area contributed by atoms with Gasteiger partial charge in [0.25, 0.3) is 5.91 Å². The molecule has 0 spiro atoms. The Balaban J connectivity index is 0.00000109. The lowest BCUT2D eigenvalue weighted by molar-refractivity contribution is 0.100. The Hall–Kier alpha value is -3.40. The van der Waals surface area contributed by atoms with Crippen molar-refractivity contribution in [2.75, 3.05) is 5.32 Å². The maximum absolute atomic E-state index is 14.1. The first-order valence-corrected chi connectivity index (χ1v) is 9.01. The molecule has 3 N–H and O–H groups in total. The number of carbonyl (C=O) groups excluding carboxylic acids is 1. The number of nitrogens with one attached hydrogen (secondary N) is 1. The van der Waals surface area contributed by atoms with E-state index < -0.39 is 12.1 Å². The summed E-state index contributed by atoms with van der Waals surface area (Å²) in [4.78, 5) is 16.1. The molecule has 1 fully saturated rings. The number of hydrogen-bond donors (Lipinski definition) is 2. The number of nitrogens with zero attached hydrogens (tertiary/aromatic N) is 3. The molecule has 1 saturated carbocycles. The molecule has 1 aliphatic rings. The summed E-state index contributed by atoms with van der Waals surface area (Å²) in [6.45, 7) is 1.93. The van der Waals surface area contributed by atoms with Crippen molar-refractivity contribution >= 4 is 17.1 Å². The largest absolute Gasteiger partial charge is 0.377 e. The Kier molecular flexibility index (Phi) is 5.59. The molecule has 0 unspecified atom stereocenters. The Bertz CT molecular complexity index is 1030. The van der Waals surface area contributed by atoms with E-state index in [1.165, 1.54) is 6.20 Å². The van der Waals surface area contributed by atoms with E-state index in [1.807, 2.05) is 31.3 Å². The molecule has 0 aromatic carbocycles. The van der Waals surface area contributed by atoms with Crippen LogP contribution in [0.1, 0.15) is 35.3 Å². The predicted molar refractivity (Wildman–Crippen MR) is 108 cm³/mol. The van der Waals surface area contributed by atoms with Gasteiger partial charge in [-0.15, -0.1) is 12.8 Å². The minimum atomic E-state index is -0.929. The molecule has 4 rings (SSSR count). The summed E-state index contributed by atoms with van der Waals surface area (Å²) in [5.41, 5.74) is 9.88. The van der Waals surface area contributed by atoms with Crippen LogP contribution in [0.3, 0.4) is 0 Å². The van der Waals surface area contributed by atoms with Crippen molar-refractivity contribution in [1.29, 1.82) is 0 Å². The number of hydrogen-bond acceptors (Lipinski definition) is 4. The molecule has 3 heterocycles. The van der Waals surface area contributed by atoms with Crippen molar-refractivity contribution in [3.63, 3.8) is 0 Å². The minimum absolute atomic E-state index is 0.271. The Morgan fingerprint density at radius 2 is 2.11 bits per heavy atom. The fraction of sp³-hybridized carbons (Fsp3) is 0.286. The molecule has 1 amide bonds. The van der Waals surface area contributed by atoms with Gasteiger partial charge in [-0.3, -0.25) is 9.78 Å². The lowest BCUT2D eigenvalue weighted by Gasteiger charge is -2.19. The van der Waals surface area contributed by atoms with Crippen LogP contribution in [0.15, 0.2) is 36.8 Å². The smallest absolute Gasteiger partial charge is 0.252 e. The van der Waals surface area contributed by atoms with Gasteiger partial charge in [-0.1, -0.05) is 0 Å². The lowest BCUT2D eigenvalue weighted by atomic mass is 10.1. The molecule has 0 aliphatic heterocycles. The maximum Gasteiger partial charge on any atom is 0.252 e. The van der Waals surface area contributed by atoms with Crippen molar-refractivity contribution in [2.24, 2.45) is 5.73 Å². The van der Waals surface area contributed by atoms with E-state index in [9.17, 15) is 9.18 Å². The summed E-state index contributed by atoms with van der Waals surface area (Å²) in [6.07, 6.45) is 14.2. The van der Waals surface area contributed by atoms with Crippen LogP contribution in [-0.4, -0.2) is 32.7 Å². The number of fused-ring (bicyclic) bond motifs is 1. The maximum atomic E-state index is 14.1. The number of pyridine rings is 1. The Morgan fingerprint density at radius 3 is 2.75 bits per heavy atom. The zero-order valence-electron chi connectivity index (χ0n) is 15.6. The van der Waals surface area contributed by atoms with E-state index >= 15 is 0 Å². The van der Waals surface area contributed by atoms with Gasteiger partial charge in [0.1, 0.15) is 6.17 Å². The van der Waals surface area contributed by atoms with Crippen LogP contribution in [0.5, 0.6) is 0 Å². The minimum Gasteiger partial charge on any atom is -0.377 e. The van der Waals surface area contributed by atoms with E-state index in [4.69, 9.17) is 5.73 Å². The topological polar surface area (TPSA) is 85.3 Å². The summed E-state index contributed by atoms with van der Waals surface area (Å²) in [5, 5.41) is 7.50. The Morgan fingerprint density at radius 1 is 1.32 bits per heavy atom. The molecule has 3 aromatic heterocycles. The number of alkyl halides is 1. The monoisotopic (exact) mass is 379 g/mol. The third-order valence-electron chi connectivity index (χ3n) is 4.89. The molecule has 0 radical (unpaired) electrons. The molecular formula is C21H22FN5O. The fourth-order valence-corrected chi connectivity index (χ4v) is 3.54. The van der Waals surface area contributed by atoms with Gasteiger partial charge in [0.05, 0.1) is 29.0 Å². The number of primary amides is 1. The highest BCUT2D eigenvalue weighted by molar-refractivity contribution is 6.02. The quantitative estimate of drug-likeness (QED) is 0.681. The number of carbonyl (C=O) groups is 1. The normalized spacial score (nSPS) is 18.4. The number of halogens is 1. The van der Waals surface area contributed by atoms with E-state index in [-0.39, 0.29) is 11.6 Å². The average molecular weight is 379 g/mol. The van der Waals surface area contributed by atoms with Gasteiger partial charge in [0.2, 0.25) is 0 Å². The molecule has 0 saturated heterocycles. The fourth-order valence-electron chi connectivity index (χ4n) is 3.54. The highest BCUT2D eigenvalue weighted by Crippen LogP contribution is 2.32. The second kappa shape index (κ2) is 8.09. The second-order valence-corrected chi connectivity index (χ2v) is 6.74. The zero-order valence-corrected chi connectivity index (χ0v) is 15.6. The lowest BCUT2D eigenvalue weighted by Crippen LogP contribution is -2.27. The number of nitrogens with two attached hydrogens (primary N) is 1. The first kappa shape index (κ1) is 19.4. The van der Waals surface area contributed by atoms with Crippen molar-refractivity contribution in [1.82, 2.24) is 14.6 Å². The van der Waals surface area contributed by atoms with E-state index in [1.54, 1.807) is 10.7 Å². The van der Waals surface area contributed by atoms with E-state index in [0.717, 1.165) is 29.7 Å². The average Bonchev–Trinajstić information content (AvgIpc) is 3.30. The van der Waals surface area contributed by atoms with Crippen LogP contribution in [0.2, 0.25) is 0 Å². The summed E-state index contributed by atoms with van der Waals surface area (Å²) >= 11 is 0. The number of amides is 1. The third kappa shape index (κ3) is 3.67. The van der Waals surface area contributed by atoms with Gasteiger partial charge in [0, 0.05) is 23.7 Å². The highest BCUT2D eigenvalue weighted by atomic mass is 19.1. The van der Waals surface area contributed by atoms with Crippen molar-refractivity contribution < 1.29 is 9.18 Å². The zero-order chi connectivity index (χ0) is 20.3. The summed E-state index contributed by atoms with van der Waals surface area (Å²) < 4.78 is 15.8. The molecule has 6 nitrogen and oxygen atoms in total. The number of aryl methyl sites for hydroxylation is 1. The molecule has 144 valence electrons. The van der Waals surface area contributed by atoms with Crippen LogP contribution in [0.4, 0.5) is 10.1 Å². The van der Waals surface area contributed by atoms with Crippen molar-refractivity contribution in [2.45, 2.75) is 38.4 Å². The van der Waals surface area contributed by atoms with Crippen LogP contribution in [0, 0.1) is 19.8 Å². The number of rotatable bonds is 4. The van der Waals surface area contributed by atoms with Gasteiger partial charge < -0.3 is 11.1 Å². The number of anilines is 1. The van der Waals surface area contributed by atoms with Gasteiger partial charge in [-0.25, -0.2) is 8.91 Å². The SMILES string of the molecule is C#C.Cc1cc(-c2cc3c(N[C@@H]4CCC[C@@H]4F)c(C(N)=O)cnn3c2)ccn1. The Labute approximate surface area is 163 Å². The molecule has 0 bridgehead atoms. The molecule has 1 aliphatic carbocycles.